The lowest BCUT2D eigenvalue weighted by molar-refractivity contribution is -0.146. The van der Waals surface area contributed by atoms with E-state index in [-0.39, 0.29) is 6.42 Å². The molecule has 0 spiro atoms. The third-order valence-corrected chi connectivity index (χ3v) is 3.81. The molecule has 26 heavy (non-hydrogen) atoms. The lowest BCUT2D eigenvalue weighted by Crippen LogP contribution is -2.22. The number of esters is 1. The summed E-state index contributed by atoms with van der Waals surface area (Å²) >= 11 is 5.93. The van der Waals surface area contributed by atoms with Crippen LogP contribution in [-0.4, -0.2) is 32.7 Å². The van der Waals surface area contributed by atoms with Crippen LogP contribution in [0.15, 0.2) is 36.4 Å². The molecule has 0 bridgehead atoms. The van der Waals surface area contributed by atoms with Gasteiger partial charge in [-0.1, -0.05) is 17.7 Å². The van der Waals surface area contributed by atoms with Gasteiger partial charge in [0.1, 0.15) is 11.5 Å². The number of anilines is 1. The molecule has 0 saturated carbocycles. The average molecular weight is 378 g/mol. The number of carbonyl (C=O) groups excluding carboxylic acids is 2. The van der Waals surface area contributed by atoms with Crippen LogP contribution < -0.4 is 14.8 Å². The van der Waals surface area contributed by atoms with E-state index in [0.717, 1.165) is 5.56 Å². The maximum Gasteiger partial charge on any atom is 0.310 e. The maximum absolute atomic E-state index is 12.0. The van der Waals surface area contributed by atoms with Crippen LogP contribution >= 0.6 is 11.6 Å². The van der Waals surface area contributed by atoms with Gasteiger partial charge in [0.2, 0.25) is 0 Å². The molecule has 0 saturated heterocycles. The van der Waals surface area contributed by atoms with Crippen LogP contribution in [0.4, 0.5) is 5.69 Å². The highest BCUT2D eigenvalue weighted by atomic mass is 35.5. The number of aryl methyl sites for hydroxylation is 1. The minimum absolute atomic E-state index is 0.0508. The Bertz CT molecular complexity index is 739. The van der Waals surface area contributed by atoms with Crippen molar-refractivity contribution in [2.75, 3.05) is 26.1 Å². The summed E-state index contributed by atoms with van der Waals surface area (Å²) in [4.78, 5) is 24.0. The Morgan fingerprint density at radius 1 is 1.04 bits per heavy atom. The van der Waals surface area contributed by atoms with Gasteiger partial charge in [0, 0.05) is 10.6 Å². The van der Waals surface area contributed by atoms with E-state index in [0.29, 0.717) is 27.8 Å². The molecule has 0 aromatic heterocycles. The van der Waals surface area contributed by atoms with Crippen molar-refractivity contribution in [2.45, 2.75) is 13.3 Å². The molecule has 2 aromatic carbocycles. The SMILES string of the molecule is COc1ccc(Cl)cc1CC(=O)OCC(=O)Nc1cc(C)ccc1OC. The van der Waals surface area contributed by atoms with Gasteiger partial charge < -0.3 is 19.5 Å². The summed E-state index contributed by atoms with van der Waals surface area (Å²) in [7, 11) is 3.01. The summed E-state index contributed by atoms with van der Waals surface area (Å²) in [5.74, 6) is 0.0384. The van der Waals surface area contributed by atoms with Gasteiger partial charge in [-0.15, -0.1) is 0 Å². The summed E-state index contributed by atoms with van der Waals surface area (Å²) in [5.41, 5.74) is 2.07. The van der Waals surface area contributed by atoms with Crippen molar-refractivity contribution in [3.8, 4) is 11.5 Å². The predicted octanol–water partition coefficient (Wildman–Crippen LogP) is 3.39. The molecule has 0 aliphatic carbocycles. The first-order valence-corrected chi connectivity index (χ1v) is 8.23. The third-order valence-electron chi connectivity index (χ3n) is 3.57. The van der Waals surface area contributed by atoms with E-state index in [2.05, 4.69) is 5.32 Å². The van der Waals surface area contributed by atoms with Gasteiger partial charge in [-0.2, -0.15) is 0 Å². The van der Waals surface area contributed by atoms with Gasteiger partial charge in [-0.05, 0) is 42.8 Å². The van der Waals surface area contributed by atoms with E-state index in [9.17, 15) is 9.59 Å². The van der Waals surface area contributed by atoms with Crippen LogP contribution in [0.3, 0.4) is 0 Å². The molecule has 0 unspecified atom stereocenters. The first kappa shape index (κ1) is 19.6. The fraction of sp³-hybridized carbons (Fsp3) is 0.263. The Kier molecular flexibility index (Phi) is 6.86. The number of benzene rings is 2. The van der Waals surface area contributed by atoms with E-state index in [1.54, 1.807) is 30.3 Å². The zero-order valence-electron chi connectivity index (χ0n) is 14.8. The first-order chi connectivity index (χ1) is 12.4. The van der Waals surface area contributed by atoms with Crippen LogP contribution in [0.1, 0.15) is 11.1 Å². The molecule has 0 aliphatic rings. The largest absolute Gasteiger partial charge is 0.496 e. The molecular weight excluding hydrogens is 358 g/mol. The fourth-order valence-corrected chi connectivity index (χ4v) is 2.54. The van der Waals surface area contributed by atoms with Crippen LogP contribution in [0.25, 0.3) is 0 Å². The molecule has 2 rings (SSSR count). The fourth-order valence-electron chi connectivity index (χ4n) is 2.34. The second kappa shape index (κ2) is 9.10. The highest BCUT2D eigenvalue weighted by Gasteiger charge is 2.14. The molecule has 6 nitrogen and oxygen atoms in total. The summed E-state index contributed by atoms with van der Waals surface area (Å²) < 4.78 is 15.4. The lowest BCUT2D eigenvalue weighted by atomic mass is 10.1. The highest BCUT2D eigenvalue weighted by Crippen LogP contribution is 2.25. The summed E-state index contributed by atoms with van der Waals surface area (Å²) in [6.07, 6.45) is -0.0508. The number of nitrogens with one attached hydrogen (secondary N) is 1. The number of rotatable bonds is 7. The monoisotopic (exact) mass is 377 g/mol. The number of halogens is 1. The first-order valence-electron chi connectivity index (χ1n) is 7.85. The van der Waals surface area contributed by atoms with E-state index in [4.69, 9.17) is 25.8 Å². The van der Waals surface area contributed by atoms with E-state index in [1.165, 1.54) is 14.2 Å². The van der Waals surface area contributed by atoms with Gasteiger partial charge in [0.25, 0.3) is 5.91 Å². The van der Waals surface area contributed by atoms with E-state index < -0.39 is 18.5 Å². The average Bonchev–Trinajstić information content (AvgIpc) is 2.60. The Labute approximate surface area is 157 Å². The molecule has 1 amide bonds. The molecule has 0 fully saturated rings. The van der Waals surface area contributed by atoms with Gasteiger partial charge in [0.05, 0.1) is 26.3 Å². The highest BCUT2D eigenvalue weighted by molar-refractivity contribution is 6.30. The number of hydrogen-bond acceptors (Lipinski definition) is 5. The van der Waals surface area contributed by atoms with Crippen LogP contribution in [0.5, 0.6) is 11.5 Å². The number of amides is 1. The van der Waals surface area contributed by atoms with Crippen molar-refractivity contribution in [1.29, 1.82) is 0 Å². The smallest absolute Gasteiger partial charge is 0.310 e. The molecule has 0 aliphatic heterocycles. The summed E-state index contributed by atoms with van der Waals surface area (Å²) in [6.45, 7) is 1.49. The predicted molar refractivity (Wildman–Crippen MR) is 99.0 cm³/mol. The van der Waals surface area contributed by atoms with Gasteiger partial charge in [-0.3, -0.25) is 9.59 Å². The number of hydrogen-bond donors (Lipinski definition) is 1. The van der Waals surface area contributed by atoms with Crippen molar-refractivity contribution in [1.82, 2.24) is 0 Å². The van der Waals surface area contributed by atoms with Crippen molar-refractivity contribution < 1.29 is 23.8 Å². The Morgan fingerprint density at radius 3 is 2.42 bits per heavy atom. The third kappa shape index (κ3) is 5.39. The van der Waals surface area contributed by atoms with Crippen molar-refractivity contribution in [3.63, 3.8) is 0 Å². The van der Waals surface area contributed by atoms with Gasteiger partial charge in [-0.25, -0.2) is 0 Å². The molecule has 138 valence electrons. The second-order valence-corrected chi connectivity index (χ2v) is 5.98. The van der Waals surface area contributed by atoms with Gasteiger partial charge in [0.15, 0.2) is 6.61 Å². The molecule has 1 N–H and O–H groups in total. The Hall–Kier alpha value is -2.73. The lowest BCUT2D eigenvalue weighted by Gasteiger charge is -2.12. The quantitative estimate of drug-likeness (QED) is 0.749. The molecule has 0 radical (unpaired) electrons. The topological polar surface area (TPSA) is 73.9 Å². The Balaban J connectivity index is 1.92. The molecule has 7 heteroatoms. The van der Waals surface area contributed by atoms with Crippen LogP contribution in [0.2, 0.25) is 5.02 Å². The second-order valence-electron chi connectivity index (χ2n) is 5.55. The zero-order valence-corrected chi connectivity index (χ0v) is 15.6. The standard InChI is InChI=1S/C19H20ClNO5/c1-12-4-6-17(25-3)15(8-12)21-18(22)11-26-19(23)10-13-9-14(20)5-7-16(13)24-2/h4-9H,10-11H2,1-3H3,(H,21,22). The van der Waals surface area contributed by atoms with E-state index in [1.807, 2.05) is 13.0 Å². The molecule has 2 aromatic rings. The number of ether oxygens (including phenoxy) is 3. The minimum atomic E-state index is -0.558. The minimum Gasteiger partial charge on any atom is -0.496 e. The maximum atomic E-state index is 12.0. The van der Waals surface area contributed by atoms with Crippen molar-refractivity contribution in [2.24, 2.45) is 0 Å². The van der Waals surface area contributed by atoms with E-state index >= 15 is 0 Å². The summed E-state index contributed by atoms with van der Waals surface area (Å²) in [6, 6.07) is 10.4. The van der Waals surface area contributed by atoms with Gasteiger partial charge >= 0.3 is 5.97 Å². The normalized spacial score (nSPS) is 10.2. The van der Waals surface area contributed by atoms with Crippen LogP contribution in [0, 0.1) is 6.92 Å². The van der Waals surface area contributed by atoms with Crippen LogP contribution in [-0.2, 0) is 20.7 Å². The molecule has 0 heterocycles. The summed E-state index contributed by atoms with van der Waals surface area (Å²) in [5, 5.41) is 3.15. The zero-order chi connectivity index (χ0) is 19.1. The Morgan fingerprint density at radius 2 is 1.73 bits per heavy atom. The molecular formula is C19H20ClNO5. The van der Waals surface area contributed by atoms with Crippen molar-refractivity contribution in [3.05, 3.63) is 52.5 Å². The number of carbonyl (C=O) groups is 2. The number of methoxy groups -OCH3 is 2. The molecule has 0 atom stereocenters. The van der Waals surface area contributed by atoms with Crippen molar-refractivity contribution >= 4 is 29.2 Å².